The van der Waals surface area contributed by atoms with Gasteiger partial charge in [0.1, 0.15) is 69.6 Å². The number of allylic oxidation sites excluding steroid dienone is 1. The molecular weight excluding hydrogens is 648 g/mol. The second kappa shape index (κ2) is 13.3. The fourth-order valence-electron chi connectivity index (χ4n) is 5.59. The van der Waals surface area contributed by atoms with Gasteiger partial charge in [-0.15, -0.1) is 0 Å². The lowest BCUT2D eigenvalue weighted by molar-refractivity contribution is 0.391. The van der Waals surface area contributed by atoms with E-state index in [-0.39, 0.29) is 5.89 Å². The summed E-state index contributed by atoms with van der Waals surface area (Å²) in [5.74, 6) is 2.73. The van der Waals surface area contributed by atoms with E-state index in [2.05, 4.69) is 26.4 Å². The van der Waals surface area contributed by atoms with Gasteiger partial charge in [0, 0.05) is 32.4 Å². The molecule has 14 nitrogen and oxygen atoms in total. The molecule has 0 N–H and O–H groups in total. The average molecular weight is 683 g/mol. The Kier molecular flexibility index (Phi) is 8.37. The fourth-order valence-corrected chi connectivity index (χ4v) is 5.59. The highest BCUT2D eigenvalue weighted by Gasteiger charge is 2.25. The summed E-state index contributed by atoms with van der Waals surface area (Å²) in [5, 5.41) is 0. The quantitative estimate of drug-likeness (QED) is 0.204. The average Bonchev–Trinajstić information content (AvgIpc) is 3.97. The molecule has 8 rings (SSSR count). The fraction of sp³-hybridized carbons (Fsp3) is 0.243. The Balaban J connectivity index is 1.24. The maximum atomic E-state index is 6.37. The summed E-state index contributed by atoms with van der Waals surface area (Å²) in [4.78, 5) is 42.3. The van der Waals surface area contributed by atoms with E-state index in [1.54, 1.807) is 12.5 Å². The third-order valence-electron chi connectivity index (χ3n) is 8.29. The van der Waals surface area contributed by atoms with Gasteiger partial charge in [-0.2, -0.15) is 0 Å². The van der Waals surface area contributed by atoms with Gasteiger partial charge in [-0.25, -0.2) is 39.9 Å². The zero-order valence-electron chi connectivity index (χ0n) is 28.6. The van der Waals surface area contributed by atoms with Crippen LogP contribution in [0.25, 0.3) is 57.3 Å². The third-order valence-corrected chi connectivity index (χ3v) is 8.29. The minimum absolute atomic E-state index is 0.245. The van der Waals surface area contributed by atoms with Crippen LogP contribution in [-0.4, -0.2) is 92.9 Å². The first kappa shape index (κ1) is 32.1. The number of likely N-dealkylation sites (N-methyl/N-ethyl adjacent to an activating group) is 2. The van der Waals surface area contributed by atoms with E-state index in [1.807, 2.05) is 70.7 Å². The molecule has 256 valence electrons. The molecular formula is C37H34N10O4. The number of rotatable bonds is 6. The normalized spacial score (nSPS) is 13.9. The van der Waals surface area contributed by atoms with E-state index < -0.39 is 0 Å². The maximum Gasteiger partial charge on any atom is 0.245 e. The van der Waals surface area contributed by atoms with Crippen molar-refractivity contribution < 1.29 is 17.7 Å². The van der Waals surface area contributed by atoms with Crippen molar-refractivity contribution in [3.63, 3.8) is 0 Å². The highest BCUT2D eigenvalue weighted by molar-refractivity contribution is 6.06. The first-order valence-corrected chi connectivity index (χ1v) is 16.4. The number of fused-ring (bicyclic) bond motifs is 19. The van der Waals surface area contributed by atoms with E-state index >= 15 is 0 Å². The van der Waals surface area contributed by atoms with Gasteiger partial charge in [0.15, 0.2) is 0 Å². The van der Waals surface area contributed by atoms with E-state index in [1.165, 1.54) is 6.26 Å². The van der Waals surface area contributed by atoms with Gasteiger partial charge < -0.3 is 27.5 Å². The van der Waals surface area contributed by atoms with Crippen LogP contribution in [0.5, 0.6) is 0 Å². The Morgan fingerprint density at radius 2 is 1.24 bits per heavy atom. The minimum Gasteiger partial charge on any atom is -0.443 e. The number of hydrogen-bond donors (Lipinski definition) is 0. The molecule has 0 spiro atoms. The second-order valence-electron chi connectivity index (χ2n) is 12.7. The van der Waals surface area contributed by atoms with Gasteiger partial charge in [0.25, 0.3) is 0 Å². The first-order chi connectivity index (χ1) is 24.8. The highest BCUT2D eigenvalue weighted by Crippen LogP contribution is 2.32. The summed E-state index contributed by atoms with van der Waals surface area (Å²) < 4.78 is 24.3. The molecule has 14 bridgehead atoms. The van der Waals surface area contributed by atoms with Crippen LogP contribution in [0.2, 0.25) is 0 Å². The maximum absolute atomic E-state index is 6.37. The molecule has 0 saturated heterocycles. The molecule has 8 heterocycles. The molecule has 0 radical (unpaired) electrons. The lowest BCUT2D eigenvalue weighted by Gasteiger charge is -2.08. The molecule has 0 unspecified atom stereocenters. The molecule has 2 aliphatic rings. The number of oxazole rings is 4. The predicted molar refractivity (Wildman–Crippen MR) is 191 cm³/mol. The van der Waals surface area contributed by atoms with Gasteiger partial charge in [0.2, 0.25) is 23.6 Å². The Hall–Kier alpha value is -6.12. The summed E-state index contributed by atoms with van der Waals surface area (Å²) in [7, 11) is 8.03. The van der Waals surface area contributed by atoms with Gasteiger partial charge in [-0.1, -0.05) is 18.7 Å². The number of aromatic nitrogens is 6. The van der Waals surface area contributed by atoms with Crippen molar-refractivity contribution in [2.75, 3.05) is 41.3 Å². The van der Waals surface area contributed by atoms with Crippen molar-refractivity contribution in [3.8, 4) is 45.9 Å². The van der Waals surface area contributed by atoms with E-state index in [0.717, 1.165) is 24.6 Å². The SMILES string of the molecule is C=C1N=Cc2nc(oc2CCN(C)C)-c2cccc(n2)-c2coc(n2)C2=CCC(=N2)c2nc(oc2CCN(C)C)-c2cccc(n2)-c2coc1n2. The number of hydrogen-bond acceptors (Lipinski definition) is 14. The Bertz CT molecular complexity index is 2350. The lowest BCUT2D eigenvalue weighted by atomic mass is 10.1. The van der Waals surface area contributed by atoms with Crippen LogP contribution in [0, 0.1) is 0 Å². The van der Waals surface area contributed by atoms with E-state index in [9.17, 15) is 0 Å². The number of nitrogens with zero attached hydrogens (tertiary/aromatic N) is 10. The minimum atomic E-state index is 0.245. The van der Waals surface area contributed by atoms with Crippen molar-refractivity contribution in [2.24, 2.45) is 9.98 Å². The highest BCUT2D eigenvalue weighted by atomic mass is 16.4. The molecule has 0 aliphatic carbocycles. The van der Waals surface area contributed by atoms with Crippen molar-refractivity contribution in [3.05, 3.63) is 96.3 Å². The largest absolute Gasteiger partial charge is 0.443 e. The zero-order valence-corrected chi connectivity index (χ0v) is 28.6. The molecule has 6 aromatic heterocycles. The summed E-state index contributed by atoms with van der Waals surface area (Å²) in [6, 6.07) is 11.1. The number of aliphatic imine (C=N–C) groups is 2. The smallest absolute Gasteiger partial charge is 0.245 e. The summed E-state index contributed by atoms with van der Waals surface area (Å²) >= 11 is 0. The van der Waals surface area contributed by atoms with Crippen molar-refractivity contribution in [2.45, 2.75) is 19.3 Å². The van der Waals surface area contributed by atoms with Crippen molar-refractivity contribution >= 4 is 23.3 Å². The Morgan fingerprint density at radius 1 is 0.647 bits per heavy atom. The lowest BCUT2D eigenvalue weighted by Crippen LogP contribution is -2.16. The van der Waals surface area contributed by atoms with Crippen LogP contribution < -0.4 is 0 Å². The first-order valence-electron chi connectivity index (χ1n) is 16.4. The van der Waals surface area contributed by atoms with Crippen LogP contribution in [-0.2, 0) is 12.8 Å². The van der Waals surface area contributed by atoms with Gasteiger partial charge in [0.05, 0.1) is 23.3 Å². The van der Waals surface area contributed by atoms with Crippen LogP contribution in [0.1, 0.15) is 41.1 Å². The molecule has 0 saturated carbocycles. The molecule has 0 atom stereocenters. The van der Waals surface area contributed by atoms with Gasteiger partial charge in [-0.3, -0.25) is 0 Å². The predicted octanol–water partition coefficient (Wildman–Crippen LogP) is 5.94. The number of pyridine rings is 2. The van der Waals surface area contributed by atoms with Gasteiger partial charge >= 0.3 is 0 Å². The van der Waals surface area contributed by atoms with E-state index in [4.69, 9.17) is 47.6 Å². The third kappa shape index (κ3) is 6.61. The van der Waals surface area contributed by atoms with E-state index in [0.29, 0.717) is 99.6 Å². The van der Waals surface area contributed by atoms with Crippen LogP contribution in [0.15, 0.2) is 89.2 Å². The molecule has 14 heteroatoms. The summed E-state index contributed by atoms with van der Waals surface area (Å²) in [5.41, 5.74) is 6.22. The van der Waals surface area contributed by atoms with Crippen molar-refractivity contribution in [1.29, 1.82) is 0 Å². The molecule has 0 amide bonds. The second-order valence-corrected chi connectivity index (χ2v) is 12.7. The van der Waals surface area contributed by atoms with Crippen molar-refractivity contribution in [1.82, 2.24) is 39.7 Å². The molecule has 2 aliphatic heterocycles. The Labute approximate surface area is 293 Å². The van der Waals surface area contributed by atoms with Crippen LogP contribution in [0.4, 0.5) is 0 Å². The van der Waals surface area contributed by atoms with Crippen LogP contribution >= 0.6 is 0 Å². The molecule has 0 aromatic carbocycles. The summed E-state index contributed by atoms with van der Waals surface area (Å²) in [6.07, 6.45) is 8.44. The van der Waals surface area contributed by atoms with Gasteiger partial charge in [-0.05, 0) is 58.5 Å². The van der Waals surface area contributed by atoms with Crippen LogP contribution in [0.3, 0.4) is 0 Å². The molecule has 51 heavy (non-hydrogen) atoms. The standard InChI is InChI=1S/C37H34N10O4/c1-21-34-43-29(19-48-34)22-8-7-11-26(40-22)37-45-33(32(51-37)15-17-47(4)5)24-12-13-27(41-24)35-44-30(20-49-35)23-9-6-10-25(39-23)36-42-28(18-38-21)31(50-36)14-16-46(2)3/h6-11,13,18-20H,1,12,14-17H2,2-5H3. The Morgan fingerprint density at radius 3 is 1.92 bits per heavy atom. The summed E-state index contributed by atoms with van der Waals surface area (Å²) in [6.45, 7) is 5.60. The molecule has 6 aromatic rings. The zero-order chi connectivity index (χ0) is 35.1. The monoisotopic (exact) mass is 682 g/mol. The topological polar surface area (TPSA) is 161 Å². The molecule has 0 fully saturated rings.